The van der Waals surface area contributed by atoms with Crippen molar-refractivity contribution < 1.29 is 18.7 Å². The van der Waals surface area contributed by atoms with Crippen molar-refractivity contribution in [1.29, 1.82) is 0 Å². The number of benzene rings is 2. The van der Waals surface area contributed by atoms with Crippen molar-refractivity contribution >= 4 is 41.0 Å². The molecular weight excluding hydrogens is 515 g/mol. The topological polar surface area (TPSA) is 76.5 Å². The van der Waals surface area contributed by atoms with E-state index in [2.05, 4.69) is 5.32 Å². The molecule has 10 heteroatoms. The van der Waals surface area contributed by atoms with Crippen molar-refractivity contribution in [3.05, 3.63) is 76.2 Å². The summed E-state index contributed by atoms with van der Waals surface area (Å²) in [5.74, 6) is -0.319. The minimum Gasteiger partial charge on any atom is -0.383 e. The first-order valence-corrected chi connectivity index (χ1v) is 13.3. The number of thioether (sulfide) groups is 1. The van der Waals surface area contributed by atoms with Gasteiger partial charge in [-0.2, -0.15) is 5.10 Å². The summed E-state index contributed by atoms with van der Waals surface area (Å²) >= 11 is 7.73. The van der Waals surface area contributed by atoms with Gasteiger partial charge in [-0.3, -0.25) is 14.5 Å². The number of carbonyl (C=O) groups excluding carboxylic acids is 2. The minimum atomic E-state index is -0.417. The molecule has 0 radical (unpaired) electrons. The van der Waals surface area contributed by atoms with E-state index < -0.39 is 5.41 Å². The van der Waals surface area contributed by atoms with Gasteiger partial charge in [-0.1, -0.05) is 50.6 Å². The highest BCUT2D eigenvalue weighted by Crippen LogP contribution is 2.48. The van der Waals surface area contributed by atoms with Crippen molar-refractivity contribution in [2.24, 2.45) is 0 Å². The molecule has 0 fully saturated rings. The lowest BCUT2D eigenvalue weighted by Crippen LogP contribution is -2.43. The van der Waals surface area contributed by atoms with Gasteiger partial charge in [0.25, 0.3) is 0 Å². The monoisotopic (exact) mass is 544 g/mol. The van der Waals surface area contributed by atoms with Gasteiger partial charge < -0.3 is 10.1 Å². The van der Waals surface area contributed by atoms with Crippen molar-refractivity contribution in [1.82, 2.24) is 15.1 Å². The van der Waals surface area contributed by atoms with E-state index in [-0.39, 0.29) is 35.2 Å². The molecule has 0 saturated heterocycles. The van der Waals surface area contributed by atoms with E-state index in [1.807, 2.05) is 39.0 Å². The molecule has 7 nitrogen and oxygen atoms in total. The van der Waals surface area contributed by atoms with Gasteiger partial charge in [0.15, 0.2) is 0 Å². The fourth-order valence-electron chi connectivity index (χ4n) is 4.29. The summed E-state index contributed by atoms with van der Waals surface area (Å²) in [6, 6.07) is 13.6. The van der Waals surface area contributed by atoms with Crippen LogP contribution in [-0.2, 0) is 19.7 Å². The van der Waals surface area contributed by atoms with Crippen LogP contribution in [0.4, 0.5) is 10.2 Å². The molecule has 1 aliphatic heterocycles. The SMILES string of the molecule is COCCNC(=O)CN1C(=O)CS[C@@H](c2cccc(F)c2)c2c(C(C)(C)C)nn(-c3cccc(Cl)c3)c21. The highest BCUT2D eigenvalue weighted by atomic mass is 35.5. The zero-order chi connectivity index (χ0) is 26.7. The van der Waals surface area contributed by atoms with Gasteiger partial charge >= 0.3 is 0 Å². The zero-order valence-electron chi connectivity index (χ0n) is 21.3. The predicted molar refractivity (Wildman–Crippen MR) is 145 cm³/mol. The van der Waals surface area contributed by atoms with Crippen LogP contribution in [0, 0.1) is 5.82 Å². The Labute approximate surface area is 225 Å². The second-order valence-electron chi connectivity index (χ2n) is 9.80. The minimum absolute atomic E-state index is 0.111. The van der Waals surface area contributed by atoms with Crippen LogP contribution in [0.15, 0.2) is 48.5 Å². The van der Waals surface area contributed by atoms with Gasteiger partial charge in [-0.25, -0.2) is 9.07 Å². The number of methoxy groups -OCH3 is 1. The Bertz CT molecular complexity index is 1310. The van der Waals surface area contributed by atoms with Crippen LogP contribution in [-0.4, -0.2) is 54.2 Å². The lowest BCUT2D eigenvalue weighted by atomic mass is 9.87. The molecule has 4 rings (SSSR count). The highest BCUT2D eigenvalue weighted by molar-refractivity contribution is 8.00. The largest absolute Gasteiger partial charge is 0.383 e. The molecule has 0 bridgehead atoms. The van der Waals surface area contributed by atoms with Crippen molar-refractivity contribution in [2.75, 3.05) is 37.5 Å². The average Bonchev–Trinajstić information content (AvgIpc) is 3.17. The maximum Gasteiger partial charge on any atom is 0.240 e. The number of anilines is 1. The molecular formula is C27H30ClFN4O3S. The zero-order valence-corrected chi connectivity index (χ0v) is 22.8. The number of carbonyl (C=O) groups is 2. The Kier molecular flexibility index (Phi) is 8.26. The van der Waals surface area contributed by atoms with Gasteiger partial charge in [0.1, 0.15) is 18.2 Å². The second kappa shape index (κ2) is 11.2. The first kappa shape index (κ1) is 27.2. The molecule has 2 heterocycles. The number of aromatic nitrogens is 2. The Balaban J connectivity index is 1.96. The maximum absolute atomic E-state index is 14.3. The number of amides is 2. The molecule has 1 N–H and O–H groups in total. The average molecular weight is 545 g/mol. The van der Waals surface area contributed by atoms with Crippen molar-refractivity contribution in [3.8, 4) is 5.69 Å². The fourth-order valence-corrected chi connectivity index (χ4v) is 5.66. The molecule has 0 saturated carbocycles. The number of rotatable bonds is 7. The standard InChI is InChI=1S/C27H30ClFN4O3S/c1-27(2,3)25-23-24(17-7-5-9-19(29)13-17)37-16-22(35)32(15-21(34)30-11-12-36-4)26(23)33(31-25)20-10-6-8-18(28)14-20/h5-10,13-14,24H,11-12,15-16H2,1-4H3,(H,30,34)/t24-/m0/s1. The molecule has 37 heavy (non-hydrogen) atoms. The predicted octanol–water partition coefficient (Wildman–Crippen LogP) is 4.89. The highest BCUT2D eigenvalue weighted by Gasteiger charge is 2.40. The number of halogens is 2. The van der Waals surface area contributed by atoms with Crippen LogP contribution < -0.4 is 10.2 Å². The molecule has 1 atom stereocenters. The van der Waals surface area contributed by atoms with Gasteiger partial charge in [0, 0.05) is 29.7 Å². The number of hydrogen-bond donors (Lipinski definition) is 1. The lowest BCUT2D eigenvalue weighted by Gasteiger charge is -2.24. The van der Waals surface area contributed by atoms with Crippen molar-refractivity contribution in [3.63, 3.8) is 0 Å². The van der Waals surface area contributed by atoms with E-state index in [0.717, 1.165) is 16.8 Å². The Hall–Kier alpha value is -2.88. The number of ether oxygens (including phenoxy) is 1. The second-order valence-corrected chi connectivity index (χ2v) is 11.3. The molecule has 196 valence electrons. The third-order valence-electron chi connectivity index (χ3n) is 5.93. The van der Waals surface area contributed by atoms with Crippen LogP contribution in [0.1, 0.15) is 42.8 Å². The number of fused-ring (bicyclic) bond motifs is 1. The van der Waals surface area contributed by atoms with Crippen LogP contribution in [0.3, 0.4) is 0 Å². The molecule has 2 aromatic carbocycles. The third-order valence-corrected chi connectivity index (χ3v) is 7.42. The smallest absolute Gasteiger partial charge is 0.240 e. The Morgan fingerprint density at radius 2 is 2.00 bits per heavy atom. The van der Waals surface area contributed by atoms with E-state index in [0.29, 0.717) is 29.7 Å². The summed E-state index contributed by atoms with van der Waals surface area (Å²) in [6.45, 7) is 6.61. The molecule has 1 aliphatic rings. The van der Waals surface area contributed by atoms with E-state index in [1.54, 1.807) is 30.0 Å². The van der Waals surface area contributed by atoms with E-state index in [9.17, 15) is 14.0 Å². The first-order chi connectivity index (χ1) is 17.6. The summed E-state index contributed by atoms with van der Waals surface area (Å²) in [5.41, 5.74) is 2.49. The normalized spacial score (nSPS) is 15.9. The van der Waals surface area contributed by atoms with Gasteiger partial charge in [-0.05, 0) is 35.9 Å². The summed E-state index contributed by atoms with van der Waals surface area (Å²) in [4.78, 5) is 27.9. The van der Waals surface area contributed by atoms with E-state index >= 15 is 0 Å². The Morgan fingerprint density at radius 3 is 2.68 bits per heavy atom. The van der Waals surface area contributed by atoms with Gasteiger partial charge in [0.2, 0.25) is 11.8 Å². The van der Waals surface area contributed by atoms with Crippen LogP contribution >= 0.6 is 23.4 Å². The lowest BCUT2D eigenvalue weighted by molar-refractivity contribution is -0.123. The summed E-state index contributed by atoms with van der Waals surface area (Å²) in [6.07, 6.45) is 0. The van der Waals surface area contributed by atoms with Crippen molar-refractivity contribution in [2.45, 2.75) is 31.4 Å². The van der Waals surface area contributed by atoms with Gasteiger partial charge in [0.05, 0.1) is 29.0 Å². The fraction of sp³-hybridized carbons (Fsp3) is 0.370. The van der Waals surface area contributed by atoms with Crippen LogP contribution in [0.5, 0.6) is 0 Å². The Morgan fingerprint density at radius 1 is 1.24 bits per heavy atom. The first-order valence-electron chi connectivity index (χ1n) is 11.9. The third kappa shape index (κ3) is 6.00. The van der Waals surface area contributed by atoms with Crippen LogP contribution in [0.2, 0.25) is 5.02 Å². The summed E-state index contributed by atoms with van der Waals surface area (Å²) in [7, 11) is 1.55. The summed E-state index contributed by atoms with van der Waals surface area (Å²) < 4.78 is 21.0. The van der Waals surface area contributed by atoms with E-state index in [4.69, 9.17) is 21.4 Å². The maximum atomic E-state index is 14.3. The molecule has 0 unspecified atom stereocenters. The van der Waals surface area contributed by atoms with Crippen LogP contribution in [0.25, 0.3) is 5.69 Å². The molecule has 2 amide bonds. The number of hydrogen-bond acceptors (Lipinski definition) is 5. The molecule has 0 aliphatic carbocycles. The molecule has 0 spiro atoms. The van der Waals surface area contributed by atoms with E-state index in [1.165, 1.54) is 28.8 Å². The van der Waals surface area contributed by atoms with Gasteiger partial charge in [-0.15, -0.1) is 11.8 Å². The molecule has 3 aromatic rings. The summed E-state index contributed by atoms with van der Waals surface area (Å²) in [5, 5.41) is 7.92. The number of nitrogens with one attached hydrogen (secondary N) is 1. The number of nitrogens with zero attached hydrogens (tertiary/aromatic N) is 3. The molecule has 1 aromatic heterocycles. The quantitative estimate of drug-likeness (QED) is 0.428.